The van der Waals surface area contributed by atoms with Gasteiger partial charge in [-0.15, -0.1) is 0 Å². The molecule has 0 radical (unpaired) electrons. The van der Waals surface area contributed by atoms with Gasteiger partial charge in [-0.05, 0) is 70.9 Å². The van der Waals surface area contributed by atoms with E-state index in [0.29, 0.717) is 22.8 Å². The highest BCUT2D eigenvalue weighted by molar-refractivity contribution is 6.32. The molecule has 1 amide bonds. The number of nitrogens with one attached hydrogen (secondary N) is 2. The van der Waals surface area contributed by atoms with Gasteiger partial charge in [0.25, 0.3) is 5.91 Å². The van der Waals surface area contributed by atoms with Crippen molar-refractivity contribution in [3.05, 3.63) is 52.5 Å². The molecular formula is C24H28ClN3O3. The molecule has 6 nitrogen and oxygen atoms in total. The first-order valence-corrected chi connectivity index (χ1v) is 10.6. The van der Waals surface area contributed by atoms with E-state index in [9.17, 15) is 10.1 Å². The van der Waals surface area contributed by atoms with Crippen LogP contribution in [0.2, 0.25) is 5.02 Å². The number of carbonyl (C=O) groups excluding carboxylic acids is 1. The van der Waals surface area contributed by atoms with E-state index in [4.69, 9.17) is 21.1 Å². The van der Waals surface area contributed by atoms with E-state index in [1.54, 1.807) is 36.4 Å². The zero-order valence-corrected chi connectivity index (χ0v) is 19.3. The minimum atomic E-state index is -0.175. The van der Waals surface area contributed by atoms with Gasteiger partial charge in [0.2, 0.25) is 0 Å². The number of carbonyl (C=O) groups is 1. The van der Waals surface area contributed by atoms with Crippen LogP contribution in [-0.2, 0) is 0 Å². The second kappa shape index (κ2) is 8.78. The number of rotatable bonds is 5. The number of methoxy groups -OCH3 is 1. The number of nitrogens with zero attached hydrogens (tertiary/aromatic N) is 1. The van der Waals surface area contributed by atoms with E-state index in [1.807, 2.05) is 0 Å². The number of nitriles is 1. The Kier molecular flexibility index (Phi) is 6.49. The van der Waals surface area contributed by atoms with Gasteiger partial charge in [0, 0.05) is 22.7 Å². The normalized spacial score (nSPS) is 17.5. The summed E-state index contributed by atoms with van der Waals surface area (Å²) in [4.78, 5) is 12.9. The van der Waals surface area contributed by atoms with Crippen molar-refractivity contribution in [1.29, 1.82) is 5.26 Å². The van der Waals surface area contributed by atoms with Crippen LogP contribution in [-0.4, -0.2) is 30.1 Å². The second-order valence-electron chi connectivity index (χ2n) is 9.16. The zero-order chi connectivity index (χ0) is 22.8. The fourth-order valence-electron chi connectivity index (χ4n) is 4.41. The van der Waals surface area contributed by atoms with Crippen LogP contribution in [0.5, 0.6) is 17.2 Å². The molecule has 2 N–H and O–H groups in total. The highest BCUT2D eigenvalue weighted by atomic mass is 35.5. The molecule has 0 saturated carbocycles. The highest BCUT2D eigenvalue weighted by Crippen LogP contribution is 2.35. The SMILES string of the molecule is COc1cccc(Oc2ccc(C(=O)NC3CC(C)(C)NC(C)(C)C3)cc2Cl)c1C#N. The minimum Gasteiger partial charge on any atom is -0.495 e. The average Bonchev–Trinajstić information content (AvgIpc) is 2.66. The second-order valence-corrected chi connectivity index (χ2v) is 9.57. The summed E-state index contributed by atoms with van der Waals surface area (Å²) in [5, 5.41) is 16.5. The molecule has 0 bridgehead atoms. The molecule has 164 valence electrons. The number of piperidine rings is 1. The van der Waals surface area contributed by atoms with Gasteiger partial charge in [-0.2, -0.15) is 5.26 Å². The number of hydrogen-bond donors (Lipinski definition) is 2. The highest BCUT2D eigenvalue weighted by Gasteiger charge is 2.38. The molecule has 0 aromatic heterocycles. The van der Waals surface area contributed by atoms with Crippen molar-refractivity contribution >= 4 is 17.5 Å². The summed E-state index contributed by atoms with van der Waals surface area (Å²) in [5.41, 5.74) is 0.603. The van der Waals surface area contributed by atoms with Gasteiger partial charge in [0.15, 0.2) is 0 Å². The Balaban J connectivity index is 1.75. The molecule has 2 aromatic rings. The first kappa shape index (κ1) is 22.9. The van der Waals surface area contributed by atoms with Gasteiger partial charge in [-0.25, -0.2) is 0 Å². The van der Waals surface area contributed by atoms with E-state index in [0.717, 1.165) is 12.8 Å². The summed E-state index contributed by atoms with van der Waals surface area (Å²) in [5.74, 6) is 0.929. The van der Waals surface area contributed by atoms with Crippen LogP contribution in [0.3, 0.4) is 0 Å². The Labute approximate surface area is 188 Å². The lowest BCUT2D eigenvalue weighted by molar-refractivity contribution is 0.0873. The number of amides is 1. The number of benzene rings is 2. The molecule has 0 atom stereocenters. The van der Waals surface area contributed by atoms with E-state index in [-0.39, 0.29) is 33.6 Å². The summed E-state index contributed by atoms with van der Waals surface area (Å²) in [6.07, 6.45) is 1.67. The van der Waals surface area contributed by atoms with E-state index in [2.05, 4.69) is 44.4 Å². The van der Waals surface area contributed by atoms with E-state index >= 15 is 0 Å². The third-order valence-corrected chi connectivity index (χ3v) is 5.55. The van der Waals surface area contributed by atoms with Gasteiger partial charge in [0.05, 0.1) is 12.1 Å². The third kappa shape index (κ3) is 5.49. The smallest absolute Gasteiger partial charge is 0.251 e. The number of ether oxygens (including phenoxy) is 2. The molecule has 2 aromatic carbocycles. The van der Waals surface area contributed by atoms with Crippen LogP contribution < -0.4 is 20.1 Å². The summed E-state index contributed by atoms with van der Waals surface area (Å²) < 4.78 is 11.0. The maximum absolute atomic E-state index is 12.9. The van der Waals surface area contributed by atoms with E-state index < -0.39 is 0 Å². The van der Waals surface area contributed by atoms with Crippen LogP contribution in [0.1, 0.15) is 56.5 Å². The molecule has 0 aliphatic carbocycles. The Hall–Kier alpha value is -2.75. The molecule has 7 heteroatoms. The Morgan fingerprint density at radius 1 is 1.13 bits per heavy atom. The van der Waals surface area contributed by atoms with Crippen LogP contribution in [0.15, 0.2) is 36.4 Å². The lowest BCUT2D eigenvalue weighted by atomic mass is 9.79. The van der Waals surface area contributed by atoms with Crippen molar-refractivity contribution in [2.45, 2.75) is 57.7 Å². The van der Waals surface area contributed by atoms with Crippen molar-refractivity contribution in [2.75, 3.05) is 7.11 Å². The third-order valence-electron chi connectivity index (χ3n) is 5.26. The van der Waals surface area contributed by atoms with Gasteiger partial charge < -0.3 is 20.1 Å². The van der Waals surface area contributed by atoms with Crippen molar-refractivity contribution in [1.82, 2.24) is 10.6 Å². The fraction of sp³-hybridized carbons (Fsp3) is 0.417. The molecule has 1 aliphatic rings. The molecule has 31 heavy (non-hydrogen) atoms. The van der Waals surface area contributed by atoms with Crippen molar-refractivity contribution < 1.29 is 14.3 Å². The van der Waals surface area contributed by atoms with E-state index in [1.165, 1.54) is 7.11 Å². The molecule has 3 rings (SSSR count). The van der Waals surface area contributed by atoms with Gasteiger partial charge >= 0.3 is 0 Å². The largest absolute Gasteiger partial charge is 0.495 e. The average molecular weight is 442 g/mol. The minimum absolute atomic E-state index is 0.0587. The summed E-state index contributed by atoms with van der Waals surface area (Å²) in [7, 11) is 1.49. The van der Waals surface area contributed by atoms with Crippen LogP contribution in [0.4, 0.5) is 0 Å². The summed E-state index contributed by atoms with van der Waals surface area (Å²) in [6, 6.07) is 12.1. The Morgan fingerprint density at radius 3 is 2.35 bits per heavy atom. The van der Waals surface area contributed by atoms with Crippen molar-refractivity contribution in [2.24, 2.45) is 0 Å². The lowest BCUT2D eigenvalue weighted by Gasteiger charge is -2.46. The monoisotopic (exact) mass is 441 g/mol. The molecule has 1 aliphatic heterocycles. The van der Waals surface area contributed by atoms with Crippen molar-refractivity contribution in [3.8, 4) is 23.3 Å². The topological polar surface area (TPSA) is 83.4 Å². The molecule has 1 heterocycles. The molecule has 0 unspecified atom stereocenters. The Morgan fingerprint density at radius 2 is 1.77 bits per heavy atom. The molecule has 1 fully saturated rings. The first-order valence-electron chi connectivity index (χ1n) is 10.2. The predicted molar refractivity (Wildman–Crippen MR) is 121 cm³/mol. The maximum atomic E-state index is 12.9. The predicted octanol–water partition coefficient (Wildman–Crippen LogP) is 5.05. The van der Waals surface area contributed by atoms with Gasteiger partial charge in [-0.3, -0.25) is 4.79 Å². The van der Waals surface area contributed by atoms with Crippen molar-refractivity contribution in [3.63, 3.8) is 0 Å². The first-order chi connectivity index (χ1) is 14.5. The summed E-state index contributed by atoms with van der Waals surface area (Å²) >= 11 is 6.40. The van der Waals surface area contributed by atoms with Gasteiger partial charge in [-0.1, -0.05) is 17.7 Å². The number of halogens is 1. The summed E-state index contributed by atoms with van der Waals surface area (Å²) in [6.45, 7) is 8.57. The quantitative estimate of drug-likeness (QED) is 0.678. The molecule has 0 spiro atoms. The Bertz CT molecular complexity index is 1010. The standard InChI is InChI=1S/C24H28ClN3O3/c1-23(2)12-16(13-24(3,4)28-23)27-22(29)15-9-10-21(18(25)11-15)31-20-8-6-7-19(30-5)17(20)14-26/h6-11,16,28H,12-13H2,1-5H3,(H,27,29). The molecular weight excluding hydrogens is 414 g/mol. The fourth-order valence-corrected chi connectivity index (χ4v) is 4.63. The van der Waals surface area contributed by atoms with Gasteiger partial charge in [0.1, 0.15) is 28.9 Å². The zero-order valence-electron chi connectivity index (χ0n) is 18.5. The number of hydrogen-bond acceptors (Lipinski definition) is 5. The maximum Gasteiger partial charge on any atom is 0.251 e. The molecule has 1 saturated heterocycles. The van der Waals surface area contributed by atoms with Crippen LogP contribution in [0, 0.1) is 11.3 Å². The van der Waals surface area contributed by atoms with Crippen LogP contribution >= 0.6 is 11.6 Å². The lowest BCUT2D eigenvalue weighted by Crippen LogP contribution is -2.62. The van der Waals surface area contributed by atoms with Crippen LogP contribution in [0.25, 0.3) is 0 Å².